The highest BCUT2D eigenvalue weighted by Crippen LogP contribution is 2.31. The van der Waals surface area contributed by atoms with Gasteiger partial charge in [0.25, 0.3) is 0 Å². The third kappa shape index (κ3) is 2.74. The molecule has 19 heavy (non-hydrogen) atoms. The highest BCUT2D eigenvalue weighted by atomic mass is 16.5. The van der Waals surface area contributed by atoms with E-state index in [1.165, 1.54) is 0 Å². The summed E-state index contributed by atoms with van der Waals surface area (Å²) in [5.41, 5.74) is 5.71. The van der Waals surface area contributed by atoms with E-state index in [-0.39, 0.29) is 6.10 Å². The molecule has 1 aromatic heterocycles. The van der Waals surface area contributed by atoms with E-state index >= 15 is 0 Å². The summed E-state index contributed by atoms with van der Waals surface area (Å²) in [7, 11) is 0. The van der Waals surface area contributed by atoms with Gasteiger partial charge in [-0.05, 0) is 45.1 Å². The number of piperidine rings is 1. The topological polar surface area (TPSA) is 80.1 Å². The number of rotatable bonds is 3. The molecule has 0 radical (unpaired) electrons. The lowest BCUT2D eigenvalue weighted by Crippen LogP contribution is -2.36. The molecule has 3 heterocycles. The highest BCUT2D eigenvalue weighted by molar-refractivity contribution is 5.29. The van der Waals surface area contributed by atoms with Crippen molar-refractivity contribution in [3.63, 3.8) is 0 Å². The number of hydrogen-bond acceptors (Lipinski definition) is 5. The fourth-order valence-corrected chi connectivity index (χ4v) is 2.92. The van der Waals surface area contributed by atoms with Crippen LogP contribution in [0.25, 0.3) is 0 Å². The van der Waals surface area contributed by atoms with Gasteiger partial charge in [0.05, 0.1) is 6.10 Å². The van der Waals surface area contributed by atoms with Crippen molar-refractivity contribution in [3.8, 4) is 0 Å². The van der Waals surface area contributed by atoms with Gasteiger partial charge in [0.1, 0.15) is 6.10 Å². The standard InChI is InChI=1S/C13H23N5O/c1-9-2-3-11(19-9)12-15-13(17-16-12)18-6-4-10(8-14)5-7-18/h9-11H,2-8,14H2,1H3,(H,15,16,17). The van der Waals surface area contributed by atoms with Gasteiger partial charge in [-0.3, -0.25) is 5.10 Å². The first-order chi connectivity index (χ1) is 9.26. The summed E-state index contributed by atoms with van der Waals surface area (Å²) in [5, 5.41) is 7.38. The fourth-order valence-electron chi connectivity index (χ4n) is 2.92. The Bertz CT molecular complexity index is 413. The number of hydrogen-bond donors (Lipinski definition) is 2. The molecule has 1 aromatic rings. The van der Waals surface area contributed by atoms with Gasteiger partial charge in [-0.25, -0.2) is 0 Å². The van der Waals surface area contributed by atoms with Gasteiger partial charge < -0.3 is 15.4 Å². The lowest BCUT2D eigenvalue weighted by Gasteiger charge is -2.30. The largest absolute Gasteiger partial charge is 0.367 e. The van der Waals surface area contributed by atoms with Crippen LogP contribution in [-0.4, -0.2) is 40.9 Å². The van der Waals surface area contributed by atoms with Gasteiger partial charge in [-0.1, -0.05) is 0 Å². The molecule has 0 bridgehead atoms. The molecule has 2 aliphatic heterocycles. The number of nitrogens with one attached hydrogen (secondary N) is 1. The zero-order valence-electron chi connectivity index (χ0n) is 11.5. The smallest absolute Gasteiger partial charge is 0.244 e. The number of aromatic nitrogens is 3. The fraction of sp³-hybridized carbons (Fsp3) is 0.846. The van der Waals surface area contributed by atoms with E-state index in [0.29, 0.717) is 12.0 Å². The first-order valence-electron chi connectivity index (χ1n) is 7.29. The zero-order valence-corrected chi connectivity index (χ0v) is 11.5. The minimum atomic E-state index is 0.0952. The van der Waals surface area contributed by atoms with Gasteiger partial charge in [0, 0.05) is 13.1 Å². The second-order valence-electron chi connectivity index (χ2n) is 5.70. The maximum Gasteiger partial charge on any atom is 0.244 e. The maximum absolute atomic E-state index is 5.81. The van der Waals surface area contributed by atoms with E-state index in [4.69, 9.17) is 10.5 Å². The minimum Gasteiger partial charge on any atom is -0.367 e. The van der Waals surface area contributed by atoms with E-state index in [0.717, 1.165) is 57.1 Å². The molecule has 3 rings (SSSR count). The number of aromatic amines is 1. The van der Waals surface area contributed by atoms with Gasteiger partial charge >= 0.3 is 0 Å². The Morgan fingerprint density at radius 3 is 2.74 bits per heavy atom. The monoisotopic (exact) mass is 265 g/mol. The summed E-state index contributed by atoms with van der Waals surface area (Å²) in [6, 6.07) is 0. The van der Waals surface area contributed by atoms with Crippen LogP contribution in [0.3, 0.4) is 0 Å². The molecular formula is C13H23N5O. The minimum absolute atomic E-state index is 0.0952. The van der Waals surface area contributed by atoms with Crippen molar-refractivity contribution in [1.29, 1.82) is 0 Å². The molecule has 2 saturated heterocycles. The number of ether oxygens (including phenoxy) is 1. The maximum atomic E-state index is 5.81. The SMILES string of the molecule is CC1CCC(c2nc(N3CCC(CN)CC3)n[nH]2)O1. The van der Waals surface area contributed by atoms with Crippen LogP contribution in [0.4, 0.5) is 5.95 Å². The summed E-state index contributed by atoms with van der Waals surface area (Å²) in [6.45, 7) is 4.90. The average Bonchev–Trinajstić information content (AvgIpc) is 3.07. The van der Waals surface area contributed by atoms with E-state index in [2.05, 4.69) is 27.0 Å². The molecule has 2 unspecified atom stereocenters. The second-order valence-corrected chi connectivity index (χ2v) is 5.70. The van der Waals surface area contributed by atoms with Crippen molar-refractivity contribution < 1.29 is 4.74 Å². The van der Waals surface area contributed by atoms with Gasteiger partial charge in [0.2, 0.25) is 5.95 Å². The van der Waals surface area contributed by atoms with Crippen molar-refractivity contribution in [3.05, 3.63) is 5.82 Å². The van der Waals surface area contributed by atoms with Crippen molar-refractivity contribution in [2.24, 2.45) is 11.7 Å². The number of nitrogens with zero attached hydrogens (tertiary/aromatic N) is 3. The predicted molar refractivity (Wildman–Crippen MR) is 72.9 cm³/mol. The summed E-state index contributed by atoms with van der Waals surface area (Å²) in [6.07, 6.45) is 4.83. The first kappa shape index (κ1) is 12.9. The van der Waals surface area contributed by atoms with Crippen LogP contribution in [0.15, 0.2) is 0 Å². The van der Waals surface area contributed by atoms with Crippen LogP contribution in [0, 0.1) is 5.92 Å². The molecule has 106 valence electrons. The summed E-state index contributed by atoms with van der Waals surface area (Å²) in [4.78, 5) is 6.84. The molecular weight excluding hydrogens is 242 g/mol. The van der Waals surface area contributed by atoms with Gasteiger partial charge in [-0.2, -0.15) is 4.98 Å². The van der Waals surface area contributed by atoms with Crippen molar-refractivity contribution >= 4 is 5.95 Å². The Labute approximate surface area is 113 Å². The Morgan fingerprint density at radius 1 is 1.32 bits per heavy atom. The molecule has 2 atom stereocenters. The van der Waals surface area contributed by atoms with Gasteiger partial charge in [0.15, 0.2) is 5.82 Å². The molecule has 2 fully saturated rings. The van der Waals surface area contributed by atoms with E-state index in [9.17, 15) is 0 Å². The summed E-state index contributed by atoms with van der Waals surface area (Å²) < 4.78 is 5.81. The predicted octanol–water partition coefficient (Wildman–Crippen LogP) is 1.22. The van der Waals surface area contributed by atoms with Crippen LogP contribution < -0.4 is 10.6 Å². The molecule has 2 aliphatic rings. The Morgan fingerprint density at radius 2 is 2.11 bits per heavy atom. The van der Waals surface area contributed by atoms with Crippen LogP contribution >= 0.6 is 0 Å². The second kappa shape index (κ2) is 5.46. The summed E-state index contributed by atoms with van der Waals surface area (Å²) in [5.74, 6) is 2.35. The highest BCUT2D eigenvalue weighted by Gasteiger charge is 2.27. The first-order valence-corrected chi connectivity index (χ1v) is 7.29. The molecule has 0 aliphatic carbocycles. The van der Waals surface area contributed by atoms with Crippen LogP contribution in [-0.2, 0) is 4.74 Å². The molecule has 3 N–H and O–H groups in total. The van der Waals surface area contributed by atoms with Crippen molar-refractivity contribution in [1.82, 2.24) is 15.2 Å². The van der Waals surface area contributed by atoms with Crippen LogP contribution in [0.1, 0.15) is 44.5 Å². The van der Waals surface area contributed by atoms with E-state index < -0.39 is 0 Å². The summed E-state index contributed by atoms with van der Waals surface area (Å²) >= 11 is 0. The molecule has 0 amide bonds. The number of anilines is 1. The Balaban J connectivity index is 1.62. The Kier molecular flexibility index (Phi) is 3.70. The third-order valence-electron chi connectivity index (χ3n) is 4.26. The molecule has 0 spiro atoms. The third-order valence-corrected chi connectivity index (χ3v) is 4.26. The lowest BCUT2D eigenvalue weighted by molar-refractivity contribution is 0.0505. The van der Waals surface area contributed by atoms with E-state index in [1.54, 1.807) is 0 Å². The zero-order chi connectivity index (χ0) is 13.2. The molecule has 0 saturated carbocycles. The van der Waals surface area contributed by atoms with Crippen molar-refractivity contribution in [2.45, 2.75) is 44.8 Å². The number of H-pyrrole nitrogens is 1. The van der Waals surface area contributed by atoms with Crippen LogP contribution in [0.5, 0.6) is 0 Å². The quantitative estimate of drug-likeness (QED) is 0.859. The Hall–Kier alpha value is -1.14. The molecule has 6 nitrogen and oxygen atoms in total. The van der Waals surface area contributed by atoms with Gasteiger partial charge in [-0.15, -0.1) is 5.10 Å². The molecule has 6 heteroatoms. The number of nitrogens with two attached hydrogens (primary N) is 1. The van der Waals surface area contributed by atoms with Crippen molar-refractivity contribution in [2.75, 3.05) is 24.5 Å². The average molecular weight is 265 g/mol. The van der Waals surface area contributed by atoms with E-state index in [1.807, 2.05) is 0 Å². The van der Waals surface area contributed by atoms with Crippen LogP contribution in [0.2, 0.25) is 0 Å². The molecule has 0 aromatic carbocycles. The normalized spacial score (nSPS) is 29.1. The lowest BCUT2D eigenvalue weighted by atomic mass is 9.97.